The first-order valence-corrected chi connectivity index (χ1v) is 34.6. The Morgan fingerprint density at radius 3 is 1.53 bits per heavy atom. The number of carbonyl (C=O) groups is 9. The Kier molecular flexibility index (Phi) is 41.6. The lowest BCUT2D eigenvalue weighted by Crippen LogP contribution is -2.44. The van der Waals surface area contributed by atoms with Gasteiger partial charge in [0.05, 0.1) is 6.54 Å². The quantitative estimate of drug-likeness (QED) is 0.0396. The number of carbonyl (C=O) groups excluding carboxylic acids is 9. The molecule has 0 bridgehead atoms. The van der Waals surface area contributed by atoms with E-state index in [9.17, 15) is 52.7 Å². The fourth-order valence-corrected chi connectivity index (χ4v) is 10.8. The molecular weight excluding hydrogens is 1260 g/mol. The first kappa shape index (κ1) is 84.7. The number of piperazine rings is 1. The first-order chi connectivity index (χ1) is 47.8. The minimum atomic E-state index is -0.587. The standard InChI is InChI=1S/C14H18O.C14H12O.C13H16O.C12H16O.C9H18N2O.C7H8N2O3.C6H9N3O.C5H10N2O2/c2*1-11(15)12-7-9-14(10-8-12)13-5-3-2-4-6-13;1-10(14)13-8-12(9-13)7-11-5-3-2-4-6-11;1-11(13)7-5-6-10-12-8-3-2-4-9-12;1-9(12)3-4-11-7-5-10(2)6-8-11;1-5(10)4-9-3-2-6(11)8-7(9)12;1-6(10)2-3-9-5-7-4-8-9;1-4(8)2-3-7-5(6)9/h2-6,12,14H,7-10H2,1H3;2-10H,1H3;2-6,12-13H,7-9H2,1H3;2-4,8-9H,5-7,10H2,1H3;3-8H2,1-2H3;2-3H,4H2,1H3,(H,8,11,12);4-5H,2-3H2,1H3;2-3H2,1H3,(H3,6,7,9). The summed E-state index contributed by atoms with van der Waals surface area (Å²) in [6.07, 6.45) is 17.8. The van der Waals surface area contributed by atoms with Crippen LogP contribution in [0.2, 0.25) is 0 Å². The second kappa shape index (κ2) is 49.1. The Bertz CT molecular complexity index is 3620. The van der Waals surface area contributed by atoms with E-state index in [0.717, 1.165) is 112 Å². The van der Waals surface area contributed by atoms with Crippen molar-refractivity contribution in [2.45, 2.75) is 164 Å². The second-order valence-corrected chi connectivity index (χ2v) is 25.7. The number of hydrogen-bond acceptors (Lipinski definition) is 15. The number of rotatable bonds is 23. The summed E-state index contributed by atoms with van der Waals surface area (Å²) in [4.78, 5) is 128. The van der Waals surface area contributed by atoms with E-state index in [0.29, 0.717) is 73.2 Å². The summed E-state index contributed by atoms with van der Waals surface area (Å²) < 4.78 is 2.78. The number of amides is 2. The van der Waals surface area contributed by atoms with Crippen molar-refractivity contribution in [3.8, 4) is 11.1 Å². The number of nitrogens with one attached hydrogen (secondary N) is 2. The molecule has 0 radical (unpaired) electrons. The van der Waals surface area contributed by atoms with Gasteiger partial charge in [-0.1, -0.05) is 146 Å². The largest absolute Gasteiger partial charge is 0.352 e. The van der Waals surface area contributed by atoms with Crippen molar-refractivity contribution in [3.05, 3.63) is 214 Å². The van der Waals surface area contributed by atoms with Gasteiger partial charge in [-0.25, -0.2) is 14.6 Å². The van der Waals surface area contributed by atoms with E-state index in [2.05, 4.69) is 123 Å². The number of H-pyrrole nitrogens is 1. The monoisotopic (exact) mass is 1370 g/mol. The molecule has 5 aromatic carbocycles. The molecule has 3 heterocycles. The van der Waals surface area contributed by atoms with E-state index in [1.807, 2.05) is 59.6 Å². The topological polar surface area (TPSA) is 284 Å². The van der Waals surface area contributed by atoms with Crippen molar-refractivity contribution in [1.29, 1.82) is 0 Å². The fraction of sp³-hybridized carbons (Fsp3) is 0.438. The fourth-order valence-electron chi connectivity index (χ4n) is 10.8. The van der Waals surface area contributed by atoms with Crippen molar-refractivity contribution >= 4 is 52.3 Å². The van der Waals surface area contributed by atoms with Crippen LogP contribution < -0.4 is 22.3 Å². The highest BCUT2D eigenvalue weighted by atomic mass is 16.2. The third kappa shape index (κ3) is 39.2. The van der Waals surface area contributed by atoms with E-state index in [1.54, 1.807) is 52.6 Å². The average Bonchev–Trinajstić information content (AvgIpc) is 0.951. The van der Waals surface area contributed by atoms with Crippen LogP contribution in [-0.2, 0) is 59.5 Å². The number of primary amides is 1. The maximum atomic E-state index is 11.2. The predicted octanol–water partition coefficient (Wildman–Crippen LogP) is 12.2. The lowest BCUT2D eigenvalue weighted by Gasteiger charge is -2.33. The van der Waals surface area contributed by atoms with Crippen molar-refractivity contribution < 1.29 is 43.2 Å². The van der Waals surface area contributed by atoms with Crippen LogP contribution in [0.1, 0.15) is 165 Å². The van der Waals surface area contributed by atoms with Crippen molar-refractivity contribution in [3.63, 3.8) is 0 Å². The van der Waals surface area contributed by atoms with Crippen LogP contribution in [0.25, 0.3) is 11.1 Å². The number of nitrogens with zero attached hydrogens (tertiary/aromatic N) is 6. The molecule has 100 heavy (non-hydrogen) atoms. The SMILES string of the molecule is CC(=O)C1CC(Cc2ccccc2)C1.CC(=O)C1CCC(c2ccccc2)CC1.CC(=O)CCCCc1ccccc1.CC(=O)CCN1CCN(C)CC1.CC(=O)CCNC(N)=O.CC(=O)CCn1cncn1.CC(=O)Cn1ccc(=O)[nH]c1=O.CC(=O)c1ccc(-c2ccccc2)cc1. The number of Topliss-reactive ketones (excluding diaryl/α,β-unsaturated/α-hetero) is 8. The van der Waals surface area contributed by atoms with Crippen LogP contribution in [0, 0.1) is 17.8 Å². The third-order valence-corrected chi connectivity index (χ3v) is 16.8. The lowest BCUT2D eigenvalue weighted by molar-refractivity contribution is -0.124. The highest BCUT2D eigenvalue weighted by Crippen LogP contribution is 2.37. The van der Waals surface area contributed by atoms with Gasteiger partial charge in [-0.3, -0.25) is 52.6 Å². The zero-order chi connectivity index (χ0) is 73.6. The van der Waals surface area contributed by atoms with Crippen LogP contribution in [-0.4, -0.2) is 133 Å². The summed E-state index contributed by atoms with van der Waals surface area (Å²) in [6.45, 7) is 19.2. The molecule has 0 unspecified atom stereocenters. The van der Waals surface area contributed by atoms with Gasteiger partial charge in [-0.15, -0.1) is 0 Å². The minimum absolute atomic E-state index is 0.00435. The molecule has 1 saturated heterocycles. The Labute approximate surface area is 591 Å². The molecule has 0 atom stereocenters. The Balaban J connectivity index is 0.000000299. The number of benzene rings is 5. The molecule has 3 fully saturated rings. The highest BCUT2D eigenvalue weighted by molar-refractivity contribution is 5.94. The number of ketones is 8. The molecule has 1 aliphatic heterocycles. The molecule has 7 aromatic rings. The van der Waals surface area contributed by atoms with E-state index in [-0.39, 0.29) is 29.7 Å². The number of aromatic amines is 1. The molecule has 3 aliphatic rings. The van der Waals surface area contributed by atoms with E-state index in [1.165, 1.54) is 67.5 Å². The maximum absolute atomic E-state index is 11.2. The number of likely N-dealkylation sites (N-methyl/N-ethyl adjacent to an activating group) is 1. The van der Waals surface area contributed by atoms with E-state index < -0.39 is 17.3 Å². The molecule has 2 amide bonds. The molecule has 10 rings (SSSR count). The van der Waals surface area contributed by atoms with E-state index >= 15 is 0 Å². The second-order valence-electron chi connectivity index (χ2n) is 25.7. The molecule has 538 valence electrons. The number of aromatic nitrogens is 5. The number of unbranched alkanes of at least 4 members (excludes halogenated alkanes) is 1. The van der Waals surface area contributed by atoms with Crippen molar-refractivity contribution in [2.75, 3.05) is 46.3 Å². The molecule has 4 N–H and O–H groups in total. The summed E-state index contributed by atoms with van der Waals surface area (Å²) >= 11 is 0. The molecule has 2 aliphatic carbocycles. The number of hydrogen-bond donors (Lipinski definition) is 3. The van der Waals surface area contributed by atoms with Crippen LogP contribution in [0.4, 0.5) is 4.79 Å². The first-order valence-electron chi connectivity index (χ1n) is 34.6. The van der Waals surface area contributed by atoms with Gasteiger partial charge in [0.25, 0.3) is 5.56 Å². The van der Waals surface area contributed by atoms with Crippen LogP contribution in [0.15, 0.2) is 180 Å². The van der Waals surface area contributed by atoms with Crippen LogP contribution >= 0.6 is 0 Å². The minimum Gasteiger partial charge on any atom is -0.352 e. The van der Waals surface area contributed by atoms with Gasteiger partial charge in [0.1, 0.15) is 53.1 Å². The number of urea groups is 1. The molecule has 2 aromatic heterocycles. The molecule has 20 heteroatoms. The van der Waals surface area contributed by atoms with Crippen LogP contribution in [0.3, 0.4) is 0 Å². The Hall–Kier alpha value is -9.53. The molecule has 20 nitrogen and oxygen atoms in total. The maximum Gasteiger partial charge on any atom is 0.328 e. The zero-order valence-corrected chi connectivity index (χ0v) is 60.3. The molecular formula is C80H107N9O11. The normalized spacial score (nSPS) is 15.7. The number of aryl methyl sites for hydroxylation is 2. The van der Waals surface area contributed by atoms with Gasteiger partial charge in [-0.2, -0.15) is 5.10 Å². The smallest absolute Gasteiger partial charge is 0.328 e. The molecule has 0 spiro atoms. The van der Waals surface area contributed by atoms with Crippen molar-refractivity contribution in [2.24, 2.45) is 23.5 Å². The third-order valence-electron chi connectivity index (χ3n) is 16.8. The van der Waals surface area contributed by atoms with Gasteiger partial charge in [0.15, 0.2) is 5.78 Å². The number of nitrogens with two attached hydrogens (primary N) is 1. The van der Waals surface area contributed by atoms with Gasteiger partial charge < -0.3 is 25.6 Å². The Morgan fingerprint density at radius 1 is 0.540 bits per heavy atom. The van der Waals surface area contributed by atoms with Crippen molar-refractivity contribution in [1.82, 2.24) is 39.4 Å². The predicted molar refractivity (Wildman–Crippen MR) is 395 cm³/mol. The highest BCUT2D eigenvalue weighted by Gasteiger charge is 2.32. The summed E-state index contributed by atoms with van der Waals surface area (Å²) in [5.41, 5.74) is 11.0. The van der Waals surface area contributed by atoms with Gasteiger partial charge in [-0.05, 0) is 166 Å². The summed E-state index contributed by atoms with van der Waals surface area (Å²) in [7, 11) is 2.14. The van der Waals surface area contributed by atoms with Gasteiger partial charge in [0.2, 0.25) is 0 Å². The average molecular weight is 1370 g/mol. The summed E-state index contributed by atoms with van der Waals surface area (Å²) in [5.74, 6) is 3.66. The summed E-state index contributed by atoms with van der Waals surface area (Å²) in [6, 6.07) is 50.1. The Morgan fingerprint density at radius 2 is 1.05 bits per heavy atom. The zero-order valence-electron chi connectivity index (χ0n) is 60.3. The van der Waals surface area contributed by atoms with Gasteiger partial charge in [0, 0.05) is 101 Å². The van der Waals surface area contributed by atoms with E-state index in [4.69, 9.17) is 5.73 Å². The van der Waals surface area contributed by atoms with Crippen LogP contribution in [0.5, 0.6) is 0 Å². The van der Waals surface area contributed by atoms with Gasteiger partial charge >= 0.3 is 11.7 Å². The summed E-state index contributed by atoms with van der Waals surface area (Å²) in [5, 5.41) is 6.14. The lowest BCUT2D eigenvalue weighted by atomic mass is 9.70. The molecule has 2 saturated carbocycles.